The number of aromatic nitrogens is 4. The Morgan fingerprint density at radius 1 is 1.33 bits per heavy atom. The molecule has 0 aliphatic heterocycles. The summed E-state index contributed by atoms with van der Waals surface area (Å²) >= 11 is 4.85. The average Bonchev–Trinajstić information content (AvgIpc) is 3.15. The summed E-state index contributed by atoms with van der Waals surface area (Å²) in [7, 11) is 1.90. The highest BCUT2D eigenvalue weighted by Gasteiger charge is 2.14. The molecule has 0 unspecified atom stereocenters. The third kappa shape index (κ3) is 2.66. The molecule has 0 bridgehead atoms. The summed E-state index contributed by atoms with van der Waals surface area (Å²) in [6.45, 7) is 0. The number of nitriles is 1. The largest absolute Gasteiger partial charge is 0.313 e. The molecule has 3 aromatic rings. The average molecular weight is 361 g/mol. The van der Waals surface area contributed by atoms with E-state index in [1.165, 1.54) is 11.3 Å². The van der Waals surface area contributed by atoms with Crippen molar-refractivity contribution in [2.75, 3.05) is 11.9 Å². The number of nitrogens with zero attached hydrogens (tertiary/aromatic N) is 6. The molecule has 0 atom stereocenters. The molecule has 1 aromatic carbocycles. The highest BCUT2D eigenvalue weighted by molar-refractivity contribution is 9.11. The van der Waals surface area contributed by atoms with E-state index >= 15 is 0 Å². The SMILES string of the molecule is CN(c1ccc(C#N)cc1)c1nncn1-c1cnc(Br)s1. The zero-order valence-electron chi connectivity index (χ0n) is 10.9. The van der Waals surface area contributed by atoms with Crippen LogP contribution in [0.4, 0.5) is 11.6 Å². The fraction of sp³-hybridized carbons (Fsp3) is 0.0769. The minimum atomic E-state index is 0.625. The van der Waals surface area contributed by atoms with Crippen molar-refractivity contribution in [2.24, 2.45) is 0 Å². The fourth-order valence-electron chi connectivity index (χ4n) is 1.84. The van der Waals surface area contributed by atoms with Gasteiger partial charge in [-0.3, -0.25) is 4.57 Å². The van der Waals surface area contributed by atoms with Gasteiger partial charge in [0.2, 0.25) is 5.95 Å². The molecule has 21 heavy (non-hydrogen) atoms. The second-order valence-electron chi connectivity index (χ2n) is 4.17. The third-order valence-corrected chi connectivity index (χ3v) is 4.39. The Morgan fingerprint density at radius 3 is 2.71 bits per heavy atom. The number of thiazole rings is 1. The smallest absolute Gasteiger partial charge is 0.236 e. The molecule has 8 heteroatoms. The van der Waals surface area contributed by atoms with Crippen LogP contribution in [0.3, 0.4) is 0 Å². The van der Waals surface area contributed by atoms with Gasteiger partial charge < -0.3 is 4.90 Å². The molecular formula is C13H9BrN6S. The molecule has 104 valence electrons. The molecule has 3 rings (SSSR count). The van der Waals surface area contributed by atoms with Gasteiger partial charge in [-0.2, -0.15) is 5.26 Å². The monoisotopic (exact) mass is 360 g/mol. The van der Waals surface area contributed by atoms with Crippen molar-refractivity contribution in [1.29, 1.82) is 5.26 Å². The minimum absolute atomic E-state index is 0.625. The molecule has 0 spiro atoms. The van der Waals surface area contributed by atoms with Crippen LogP contribution >= 0.6 is 27.3 Å². The van der Waals surface area contributed by atoms with E-state index in [0.717, 1.165) is 14.6 Å². The van der Waals surface area contributed by atoms with E-state index < -0.39 is 0 Å². The summed E-state index contributed by atoms with van der Waals surface area (Å²) in [5, 5.41) is 17.9. The van der Waals surface area contributed by atoms with Gasteiger partial charge in [-0.1, -0.05) is 11.3 Å². The second-order valence-corrected chi connectivity index (χ2v) is 6.46. The summed E-state index contributed by atoms with van der Waals surface area (Å²) < 4.78 is 2.67. The lowest BCUT2D eigenvalue weighted by atomic mass is 10.2. The maximum atomic E-state index is 8.85. The van der Waals surface area contributed by atoms with Crippen molar-refractivity contribution in [3.05, 3.63) is 46.3 Å². The quantitative estimate of drug-likeness (QED) is 0.717. The van der Waals surface area contributed by atoms with Crippen molar-refractivity contribution < 1.29 is 0 Å². The predicted octanol–water partition coefficient (Wildman–Crippen LogP) is 3.13. The van der Waals surface area contributed by atoms with Crippen molar-refractivity contribution in [2.45, 2.75) is 0 Å². The molecule has 0 aliphatic carbocycles. The van der Waals surface area contributed by atoms with E-state index in [1.54, 1.807) is 24.7 Å². The maximum Gasteiger partial charge on any atom is 0.236 e. The van der Waals surface area contributed by atoms with Gasteiger partial charge in [-0.05, 0) is 40.2 Å². The third-order valence-electron chi connectivity index (χ3n) is 2.92. The van der Waals surface area contributed by atoms with Gasteiger partial charge in [-0.25, -0.2) is 4.98 Å². The Hall–Kier alpha value is -2.24. The van der Waals surface area contributed by atoms with Crippen LogP contribution < -0.4 is 4.90 Å². The topological polar surface area (TPSA) is 70.6 Å². The lowest BCUT2D eigenvalue weighted by Crippen LogP contribution is -2.14. The van der Waals surface area contributed by atoms with E-state index in [0.29, 0.717) is 11.5 Å². The van der Waals surface area contributed by atoms with Crippen molar-refractivity contribution >= 4 is 38.9 Å². The molecule has 0 saturated carbocycles. The zero-order chi connectivity index (χ0) is 14.8. The first-order chi connectivity index (χ1) is 10.2. The van der Waals surface area contributed by atoms with Crippen molar-refractivity contribution in [1.82, 2.24) is 19.7 Å². The van der Waals surface area contributed by atoms with E-state index in [-0.39, 0.29) is 0 Å². The number of anilines is 2. The van der Waals surface area contributed by atoms with Gasteiger partial charge >= 0.3 is 0 Å². The summed E-state index contributed by atoms with van der Waals surface area (Å²) in [5.41, 5.74) is 1.55. The van der Waals surface area contributed by atoms with E-state index in [9.17, 15) is 0 Å². The summed E-state index contributed by atoms with van der Waals surface area (Å²) in [6.07, 6.45) is 3.41. The Kier molecular flexibility index (Phi) is 3.68. The van der Waals surface area contributed by atoms with Gasteiger partial charge in [0.05, 0.1) is 17.8 Å². The van der Waals surface area contributed by atoms with Crippen LogP contribution in [-0.4, -0.2) is 26.8 Å². The minimum Gasteiger partial charge on any atom is -0.313 e. The van der Waals surface area contributed by atoms with Crippen LogP contribution in [0.2, 0.25) is 0 Å². The Labute approximate surface area is 133 Å². The number of hydrogen-bond acceptors (Lipinski definition) is 6. The van der Waals surface area contributed by atoms with E-state index in [2.05, 4.69) is 37.2 Å². The molecule has 0 amide bonds. The van der Waals surface area contributed by atoms with Crippen molar-refractivity contribution in [3.8, 4) is 11.1 Å². The Bertz CT molecular complexity index is 801. The molecular weight excluding hydrogens is 352 g/mol. The maximum absolute atomic E-state index is 8.85. The Balaban J connectivity index is 1.97. The van der Waals surface area contributed by atoms with E-state index in [4.69, 9.17) is 5.26 Å². The van der Waals surface area contributed by atoms with Crippen LogP contribution in [0, 0.1) is 11.3 Å². The van der Waals surface area contributed by atoms with Gasteiger partial charge in [0.1, 0.15) is 11.3 Å². The first-order valence-electron chi connectivity index (χ1n) is 5.94. The molecule has 0 aliphatic rings. The molecule has 0 fully saturated rings. The zero-order valence-corrected chi connectivity index (χ0v) is 13.3. The summed E-state index contributed by atoms with van der Waals surface area (Å²) in [4.78, 5) is 6.08. The van der Waals surface area contributed by atoms with Crippen LogP contribution in [0.1, 0.15) is 5.56 Å². The lowest BCUT2D eigenvalue weighted by molar-refractivity contribution is 0.992. The van der Waals surface area contributed by atoms with Gasteiger partial charge in [0.25, 0.3) is 0 Å². The van der Waals surface area contributed by atoms with Gasteiger partial charge in [0, 0.05) is 12.7 Å². The molecule has 0 radical (unpaired) electrons. The highest BCUT2D eigenvalue weighted by atomic mass is 79.9. The van der Waals surface area contributed by atoms with Crippen LogP contribution in [0.25, 0.3) is 5.00 Å². The predicted molar refractivity (Wildman–Crippen MR) is 84.0 cm³/mol. The first kappa shape index (κ1) is 13.7. The Morgan fingerprint density at radius 2 is 2.10 bits per heavy atom. The normalized spacial score (nSPS) is 10.3. The molecule has 0 saturated heterocycles. The fourth-order valence-corrected chi connectivity index (χ4v) is 3.05. The molecule has 2 heterocycles. The van der Waals surface area contributed by atoms with E-state index in [1.807, 2.05) is 28.6 Å². The summed E-state index contributed by atoms with van der Waals surface area (Å²) in [6, 6.07) is 9.40. The van der Waals surface area contributed by atoms with Crippen LogP contribution in [0.5, 0.6) is 0 Å². The van der Waals surface area contributed by atoms with Crippen LogP contribution in [0.15, 0.2) is 40.7 Å². The van der Waals surface area contributed by atoms with Crippen LogP contribution in [-0.2, 0) is 0 Å². The first-order valence-corrected chi connectivity index (χ1v) is 7.55. The lowest BCUT2D eigenvalue weighted by Gasteiger charge is -2.18. The molecule has 6 nitrogen and oxygen atoms in total. The highest BCUT2D eigenvalue weighted by Crippen LogP contribution is 2.28. The second kappa shape index (κ2) is 5.63. The number of hydrogen-bond donors (Lipinski definition) is 0. The standard InChI is InChI=1S/C13H9BrN6S/c1-19(10-4-2-9(6-15)3-5-10)13-18-17-8-20(13)11-7-16-12(14)21-11/h2-5,7-8H,1H3. The van der Waals surface area contributed by atoms with Crippen molar-refractivity contribution in [3.63, 3.8) is 0 Å². The number of halogens is 1. The number of rotatable bonds is 3. The molecule has 2 aromatic heterocycles. The van der Waals surface area contributed by atoms with Gasteiger partial charge in [0.15, 0.2) is 3.92 Å². The number of benzene rings is 1. The molecule has 0 N–H and O–H groups in total. The van der Waals surface area contributed by atoms with Gasteiger partial charge in [-0.15, -0.1) is 10.2 Å². The summed E-state index contributed by atoms with van der Waals surface area (Å²) in [5.74, 6) is 0.677.